The molecule has 0 saturated carbocycles. The average molecular weight is 129 g/mol. The van der Waals surface area contributed by atoms with Gasteiger partial charge in [-0.1, -0.05) is 19.8 Å². The number of unbranched alkanes of at least 4 members (excludes halogenated alkanes) is 1. The smallest absolute Gasteiger partial charge is 0.0576 e. The fourth-order valence-corrected chi connectivity index (χ4v) is 0.751. The number of rotatable bonds is 5. The van der Waals surface area contributed by atoms with E-state index in [9.17, 15) is 0 Å². The first-order valence-electron chi connectivity index (χ1n) is 3.76. The van der Waals surface area contributed by atoms with Crippen LogP contribution >= 0.6 is 0 Å². The van der Waals surface area contributed by atoms with Gasteiger partial charge in [-0.15, -0.1) is 0 Å². The third kappa shape index (κ3) is 5.84. The third-order valence-electron chi connectivity index (χ3n) is 1.28. The van der Waals surface area contributed by atoms with Gasteiger partial charge in [-0.05, 0) is 20.3 Å². The Morgan fingerprint density at radius 1 is 1.44 bits per heavy atom. The molecule has 0 rings (SSSR count). The lowest BCUT2D eigenvalue weighted by molar-refractivity contribution is 0.0868. The predicted molar refractivity (Wildman–Crippen MR) is 40.3 cm³/mol. The van der Waals surface area contributed by atoms with Gasteiger partial charge < -0.3 is 4.74 Å². The second-order valence-electron chi connectivity index (χ2n) is 2.22. The highest BCUT2D eigenvalue weighted by atomic mass is 16.5. The molecule has 1 radical (unpaired) electrons. The molecule has 0 spiro atoms. The SMILES string of the molecule is [CH2]C(CCCC)OCC. The molecule has 0 bridgehead atoms. The molecule has 1 heteroatoms. The molecule has 0 aromatic rings. The Kier molecular flexibility index (Phi) is 6.06. The van der Waals surface area contributed by atoms with Crippen LogP contribution in [-0.2, 0) is 4.74 Å². The summed E-state index contributed by atoms with van der Waals surface area (Å²) in [6, 6.07) is 0. The summed E-state index contributed by atoms with van der Waals surface area (Å²) < 4.78 is 5.23. The fourth-order valence-electron chi connectivity index (χ4n) is 0.751. The van der Waals surface area contributed by atoms with E-state index in [1.165, 1.54) is 12.8 Å². The summed E-state index contributed by atoms with van der Waals surface area (Å²) in [5.41, 5.74) is 0. The van der Waals surface area contributed by atoms with E-state index in [4.69, 9.17) is 4.74 Å². The van der Waals surface area contributed by atoms with Crippen LogP contribution in [0.4, 0.5) is 0 Å². The van der Waals surface area contributed by atoms with Crippen molar-refractivity contribution in [3.63, 3.8) is 0 Å². The van der Waals surface area contributed by atoms with E-state index in [0.717, 1.165) is 13.0 Å². The first-order valence-corrected chi connectivity index (χ1v) is 3.76. The average Bonchev–Trinajstić information content (AvgIpc) is 1.85. The lowest BCUT2D eigenvalue weighted by Gasteiger charge is -2.09. The molecule has 1 nitrogen and oxygen atoms in total. The molecule has 1 unspecified atom stereocenters. The van der Waals surface area contributed by atoms with Crippen LogP contribution in [0.2, 0.25) is 0 Å². The van der Waals surface area contributed by atoms with E-state index in [2.05, 4.69) is 13.8 Å². The van der Waals surface area contributed by atoms with Gasteiger partial charge in [-0.2, -0.15) is 0 Å². The Bertz CT molecular complexity index is 52.5. The first kappa shape index (κ1) is 8.96. The number of hydrogen-bond donors (Lipinski definition) is 0. The minimum absolute atomic E-state index is 0.218. The van der Waals surface area contributed by atoms with Crippen molar-refractivity contribution in [1.29, 1.82) is 0 Å². The van der Waals surface area contributed by atoms with E-state index in [1.807, 2.05) is 6.92 Å². The summed E-state index contributed by atoms with van der Waals surface area (Å²) in [6.45, 7) is 8.82. The van der Waals surface area contributed by atoms with Crippen molar-refractivity contribution in [1.82, 2.24) is 0 Å². The van der Waals surface area contributed by atoms with Crippen LogP contribution in [0.15, 0.2) is 0 Å². The van der Waals surface area contributed by atoms with Crippen LogP contribution < -0.4 is 0 Å². The summed E-state index contributed by atoms with van der Waals surface area (Å²) in [7, 11) is 0. The molecule has 55 valence electrons. The zero-order valence-corrected chi connectivity index (χ0v) is 6.52. The van der Waals surface area contributed by atoms with Crippen molar-refractivity contribution in [3.8, 4) is 0 Å². The van der Waals surface area contributed by atoms with Gasteiger partial charge in [0, 0.05) is 6.61 Å². The molecule has 0 aliphatic rings. The highest BCUT2D eigenvalue weighted by molar-refractivity contribution is 4.58. The molecule has 0 N–H and O–H groups in total. The van der Waals surface area contributed by atoms with Crippen LogP contribution in [-0.4, -0.2) is 12.7 Å². The van der Waals surface area contributed by atoms with Gasteiger partial charge in [0.2, 0.25) is 0 Å². The van der Waals surface area contributed by atoms with Crippen molar-refractivity contribution in [2.75, 3.05) is 6.61 Å². The second-order valence-corrected chi connectivity index (χ2v) is 2.22. The Morgan fingerprint density at radius 2 is 2.11 bits per heavy atom. The van der Waals surface area contributed by atoms with Gasteiger partial charge >= 0.3 is 0 Å². The van der Waals surface area contributed by atoms with Gasteiger partial charge in [0.15, 0.2) is 0 Å². The molecule has 0 aromatic heterocycles. The van der Waals surface area contributed by atoms with E-state index < -0.39 is 0 Å². The Labute approximate surface area is 58.4 Å². The standard InChI is InChI=1S/C8H17O/c1-4-6-7-8(3)9-5-2/h8H,3-7H2,1-2H3. The monoisotopic (exact) mass is 129 g/mol. The Balaban J connectivity index is 2.95. The molecule has 0 aliphatic heterocycles. The summed E-state index contributed by atoms with van der Waals surface area (Å²) in [5.74, 6) is 0. The maximum atomic E-state index is 5.23. The van der Waals surface area contributed by atoms with Gasteiger partial charge in [0.1, 0.15) is 0 Å². The minimum Gasteiger partial charge on any atom is -0.379 e. The highest BCUT2D eigenvalue weighted by Gasteiger charge is 1.97. The topological polar surface area (TPSA) is 9.23 Å². The Morgan fingerprint density at radius 3 is 2.56 bits per heavy atom. The fraction of sp³-hybridized carbons (Fsp3) is 0.875. The van der Waals surface area contributed by atoms with E-state index in [1.54, 1.807) is 0 Å². The number of hydrogen-bond acceptors (Lipinski definition) is 1. The predicted octanol–water partition coefficient (Wildman–Crippen LogP) is 2.42. The Hall–Kier alpha value is -0.0400. The van der Waals surface area contributed by atoms with Crippen LogP contribution in [0.25, 0.3) is 0 Å². The first-order chi connectivity index (χ1) is 4.31. The second kappa shape index (κ2) is 6.09. The maximum absolute atomic E-state index is 5.23. The molecule has 1 atom stereocenters. The van der Waals surface area contributed by atoms with Gasteiger partial charge in [0.25, 0.3) is 0 Å². The zero-order chi connectivity index (χ0) is 7.11. The highest BCUT2D eigenvalue weighted by Crippen LogP contribution is 2.02. The van der Waals surface area contributed by atoms with Crippen molar-refractivity contribution >= 4 is 0 Å². The molecule has 0 aliphatic carbocycles. The molecule has 0 aromatic carbocycles. The molecule has 0 saturated heterocycles. The largest absolute Gasteiger partial charge is 0.379 e. The molecule has 0 fully saturated rings. The van der Waals surface area contributed by atoms with E-state index in [0.29, 0.717) is 0 Å². The molecule has 0 amide bonds. The van der Waals surface area contributed by atoms with Crippen molar-refractivity contribution < 1.29 is 4.74 Å². The van der Waals surface area contributed by atoms with Crippen LogP contribution in [0.5, 0.6) is 0 Å². The quantitative estimate of drug-likeness (QED) is 0.554. The van der Waals surface area contributed by atoms with E-state index >= 15 is 0 Å². The van der Waals surface area contributed by atoms with Gasteiger partial charge in [-0.25, -0.2) is 0 Å². The van der Waals surface area contributed by atoms with Crippen LogP contribution in [0, 0.1) is 6.92 Å². The third-order valence-corrected chi connectivity index (χ3v) is 1.28. The molecular weight excluding hydrogens is 112 g/mol. The number of ether oxygens (including phenoxy) is 1. The summed E-state index contributed by atoms with van der Waals surface area (Å²) >= 11 is 0. The summed E-state index contributed by atoms with van der Waals surface area (Å²) in [6.07, 6.45) is 3.78. The summed E-state index contributed by atoms with van der Waals surface area (Å²) in [4.78, 5) is 0. The van der Waals surface area contributed by atoms with Crippen molar-refractivity contribution in [2.45, 2.75) is 39.2 Å². The lowest BCUT2D eigenvalue weighted by Crippen LogP contribution is -2.07. The minimum atomic E-state index is 0.218. The van der Waals surface area contributed by atoms with Crippen molar-refractivity contribution in [3.05, 3.63) is 6.92 Å². The van der Waals surface area contributed by atoms with E-state index in [-0.39, 0.29) is 6.10 Å². The molecule has 0 heterocycles. The zero-order valence-electron chi connectivity index (χ0n) is 6.52. The summed E-state index contributed by atoms with van der Waals surface area (Å²) in [5, 5.41) is 0. The van der Waals surface area contributed by atoms with Gasteiger partial charge in [-0.3, -0.25) is 0 Å². The van der Waals surface area contributed by atoms with Crippen LogP contribution in [0.1, 0.15) is 33.1 Å². The molecular formula is C8H17O. The van der Waals surface area contributed by atoms with Crippen molar-refractivity contribution in [2.24, 2.45) is 0 Å². The van der Waals surface area contributed by atoms with Gasteiger partial charge in [0.05, 0.1) is 6.10 Å². The normalized spacial score (nSPS) is 13.7. The maximum Gasteiger partial charge on any atom is 0.0576 e. The molecule has 9 heavy (non-hydrogen) atoms. The lowest BCUT2D eigenvalue weighted by atomic mass is 10.2. The van der Waals surface area contributed by atoms with Crippen LogP contribution in [0.3, 0.4) is 0 Å².